The van der Waals surface area contributed by atoms with Gasteiger partial charge < -0.3 is 5.32 Å². The van der Waals surface area contributed by atoms with Crippen molar-refractivity contribution < 1.29 is 0 Å². The zero-order valence-corrected chi connectivity index (χ0v) is 10.00. The van der Waals surface area contributed by atoms with E-state index in [-0.39, 0.29) is 10.3 Å². The summed E-state index contributed by atoms with van der Waals surface area (Å²) in [6.45, 7) is 0. The highest BCUT2D eigenvalue weighted by Gasteiger charge is 2.06. The number of halogens is 2. The summed E-state index contributed by atoms with van der Waals surface area (Å²) >= 11 is 11.6. The van der Waals surface area contributed by atoms with E-state index in [9.17, 15) is 0 Å². The Bertz CT molecular complexity index is 592. The van der Waals surface area contributed by atoms with Gasteiger partial charge in [0.25, 0.3) is 0 Å². The minimum Gasteiger partial charge on any atom is -0.352 e. The molecule has 2 aromatic rings. The van der Waals surface area contributed by atoms with Crippen molar-refractivity contribution in [3.05, 3.63) is 46.2 Å². The zero-order valence-electron chi connectivity index (χ0n) is 8.48. The van der Waals surface area contributed by atoms with E-state index in [1.54, 1.807) is 24.3 Å². The van der Waals surface area contributed by atoms with Crippen LogP contribution in [0.4, 0.5) is 11.4 Å². The number of nitrogens with one attached hydrogen (secondary N) is 1. The molecule has 0 amide bonds. The third-order valence-electron chi connectivity index (χ3n) is 2.04. The molecule has 6 heteroatoms. The Morgan fingerprint density at radius 2 is 1.88 bits per heavy atom. The second-order valence-electron chi connectivity index (χ2n) is 3.15. The van der Waals surface area contributed by atoms with E-state index in [0.29, 0.717) is 16.9 Å². The Morgan fingerprint density at radius 3 is 2.65 bits per heavy atom. The highest BCUT2D eigenvalue weighted by atomic mass is 35.5. The molecule has 0 radical (unpaired) electrons. The molecule has 1 aromatic carbocycles. The number of para-hydroxylation sites is 1. The Hall–Kier alpha value is -1.83. The fourth-order valence-corrected chi connectivity index (χ4v) is 1.56. The Labute approximate surface area is 108 Å². The number of aromatic nitrogens is 2. The Morgan fingerprint density at radius 1 is 1.12 bits per heavy atom. The summed E-state index contributed by atoms with van der Waals surface area (Å²) in [7, 11) is 0. The molecule has 0 aliphatic heterocycles. The molecule has 4 nitrogen and oxygen atoms in total. The molecule has 0 saturated heterocycles. The topological polar surface area (TPSA) is 61.6 Å². The van der Waals surface area contributed by atoms with E-state index in [1.165, 1.54) is 0 Å². The van der Waals surface area contributed by atoms with Gasteiger partial charge in [0.1, 0.15) is 6.07 Å². The van der Waals surface area contributed by atoms with Crippen LogP contribution in [-0.4, -0.2) is 10.2 Å². The summed E-state index contributed by atoms with van der Waals surface area (Å²) in [6.07, 6.45) is 0. The lowest BCUT2D eigenvalue weighted by atomic mass is 10.2. The second-order valence-corrected chi connectivity index (χ2v) is 3.90. The largest absolute Gasteiger partial charge is 0.352 e. The molecule has 0 aliphatic carbocycles. The third kappa shape index (κ3) is 2.64. The van der Waals surface area contributed by atoms with Gasteiger partial charge in [-0.25, -0.2) is 0 Å². The van der Waals surface area contributed by atoms with Crippen LogP contribution in [0.3, 0.4) is 0 Å². The molecule has 0 spiro atoms. The van der Waals surface area contributed by atoms with Crippen LogP contribution in [0, 0.1) is 11.3 Å². The van der Waals surface area contributed by atoms with Crippen LogP contribution in [-0.2, 0) is 0 Å². The molecule has 2 rings (SSSR count). The van der Waals surface area contributed by atoms with Gasteiger partial charge in [0.15, 0.2) is 10.3 Å². The first-order chi connectivity index (χ1) is 8.20. The van der Waals surface area contributed by atoms with Crippen molar-refractivity contribution in [1.82, 2.24) is 10.2 Å². The fourth-order valence-electron chi connectivity index (χ4n) is 1.28. The molecule has 84 valence electrons. The maximum absolute atomic E-state index is 8.94. The van der Waals surface area contributed by atoms with Crippen molar-refractivity contribution in [2.45, 2.75) is 0 Å². The summed E-state index contributed by atoms with van der Waals surface area (Å²) in [6, 6.07) is 10.7. The molecule has 0 unspecified atom stereocenters. The van der Waals surface area contributed by atoms with Crippen LogP contribution in [0.15, 0.2) is 30.3 Å². The van der Waals surface area contributed by atoms with Crippen molar-refractivity contribution in [3.63, 3.8) is 0 Å². The van der Waals surface area contributed by atoms with Crippen LogP contribution >= 0.6 is 23.2 Å². The van der Waals surface area contributed by atoms with Gasteiger partial charge in [0, 0.05) is 6.07 Å². The number of anilines is 2. The summed E-state index contributed by atoms with van der Waals surface area (Å²) < 4.78 is 0. The molecular formula is C11H6Cl2N4. The number of nitriles is 1. The Balaban J connectivity index is 2.38. The Kier molecular flexibility index (Phi) is 3.43. The number of rotatable bonds is 2. The first-order valence-electron chi connectivity index (χ1n) is 4.65. The minimum absolute atomic E-state index is 0.196. The minimum atomic E-state index is 0.196. The van der Waals surface area contributed by atoms with Gasteiger partial charge in [-0.3, -0.25) is 0 Å². The standard InChI is InChI=1S/C11H6Cl2N4/c12-10-5-9(11(13)17-16-10)15-8-4-2-1-3-7(8)6-14/h1-5H,(H,15,16). The molecule has 0 aliphatic rings. The monoisotopic (exact) mass is 264 g/mol. The average Bonchev–Trinajstić information content (AvgIpc) is 2.34. The maximum atomic E-state index is 8.94. The second kappa shape index (κ2) is 5.00. The van der Waals surface area contributed by atoms with Gasteiger partial charge in [0.05, 0.1) is 16.9 Å². The van der Waals surface area contributed by atoms with Crippen molar-refractivity contribution in [3.8, 4) is 6.07 Å². The summed E-state index contributed by atoms with van der Waals surface area (Å²) in [5.74, 6) is 0. The summed E-state index contributed by atoms with van der Waals surface area (Å²) in [5.41, 5.74) is 1.66. The lowest BCUT2D eigenvalue weighted by Crippen LogP contribution is -1.96. The molecule has 1 heterocycles. The molecule has 17 heavy (non-hydrogen) atoms. The number of nitrogens with zero attached hydrogens (tertiary/aromatic N) is 3. The zero-order chi connectivity index (χ0) is 12.3. The van der Waals surface area contributed by atoms with E-state index < -0.39 is 0 Å². The maximum Gasteiger partial charge on any atom is 0.175 e. The smallest absolute Gasteiger partial charge is 0.175 e. The summed E-state index contributed by atoms with van der Waals surface area (Å²) in [5, 5.41) is 19.6. The summed E-state index contributed by atoms with van der Waals surface area (Å²) in [4.78, 5) is 0. The van der Waals surface area contributed by atoms with Crippen molar-refractivity contribution in [2.24, 2.45) is 0 Å². The number of hydrogen-bond donors (Lipinski definition) is 1. The van der Waals surface area contributed by atoms with E-state index in [2.05, 4.69) is 21.6 Å². The van der Waals surface area contributed by atoms with Gasteiger partial charge in [-0.05, 0) is 12.1 Å². The number of hydrogen-bond acceptors (Lipinski definition) is 4. The molecule has 0 bridgehead atoms. The van der Waals surface area contributed by atoms with Gasteiger partial charge in [-0.2, -0.15) is 5.26 Å². The van der Waals surface area contributed by atoms with Gasteiger partial charge in [-0.15, -0.1) is 10.2 Å². The highest BCUT2D eigenvalue weighted by Crippen LogP contribution is 2.26. The fraction of sp³-hybridized carbons (Fsp3) is 0. The SMILES string of the molecule is N#Cc1ccccc1Nc1cc(Cl)nnc1Cl. The predicted octanol–water partition coefficient (Wildman–Crippen LogP) is 3.40. The van der Waals surface area contributed by atoms with Crippen molar-refractivity contribution in [1.29, 1.82) is 5.26 Å². The predicted molar refractivity (Wildman–Crippen MR) is 66.5 cm³/mol. The normalized spacial score (nSPS) is 9.71. The van der Waals surface area contributed by atoms with Crippen molar-refractivity contribution in [2.75, 3.05) is 5.32 Å². The van der Waals surface area contributed by atoms with E-state index in [4.69, 9.17) is 28.5 Å². The molecule has 1 aromatic heterocycles. The van der Waals surface area contributed by atoms with Gasteiger partial charge >= 0.3 is 0 Å². The van der Waals surface area contributed by atoms with Crippen LogP contribution in [0.1, 0.15) is 5.56 Å². The van der Waals surface area contributed by atoms with Crippen LogP contribution in [0.2, 0.25) is 10.3 Å². The molecular weight excluding hydrogens is 259 g/mol. The van der Waals surface area contributed by atoms with E-state index in [0.717, 1.165) is 0 Å². The lowest BCUT2D eigenvalue weighted by Gasteiger charge is -2.08. The molecule has 1 N–H and O–H groups in total. The van der Waals surface area contributed by atoms with E-state index in [1.807, 2.05) is 6.07 Å². The lowest BCUT2D eigenvalue weighted by molar-refractivity contribution is 1.03. The number of benzene rings is 1. The average molecular weight is 265 g/mol. The third-order valence-corrected chi connectivity index (χ3v) is 2.50. The molecule has 0 atom stereocenters. The highest BCUT2D eigenvalue weighted by molar-refractivity contribution is 6.33. The van der Waals surface area contributed by atoms with Crippen LogP contribution in [0.25, 0.3) is 0 Å². The van der Waals surface area contributed by atoms with Crippen LogP contribution in [0.5, 0.6) is 0 Å². The first-order valence-corrected chi connectivity index (χ1v) is 5.41. The first kappa shape index (κ1) is 11.6. The van der Waals surface area contributed by atoms with Gasteiger partial charge in [0.2, 0.25) is 0 Å². The van der Waals surface area contributed by atoms with Crippen molar-refractivity contribution >= 4 is 34.6 Å². The molecule has 0 fully saturated rings. The molecule has 0 saturated carbocycles. The van der Waals surface area contributed by atoms with Gasteiger partial charge in [-0.1, -0.05) is 35.3 Å². The van der Waals surface area contributed by atoms with Crippen LogP contribution < -0.4 is 5.32 Å². The van der Waals surface area contributed by atoms with E-state index >= 15 is 0 Å². The quantitative estimate of drug-likeness (QED) is 0.903.